The number of benzene rings is 2. The summed E-state index contributed by atoms with van der Waals surface area (Å²) < 4.78 is 5.38. The van der Waals surface area contributed by atoms with Crippen LogP contribution in [0.4, 0.5) is 10.5 Å². The minimum Gasteiger partial charge on any atom is -0.444 e. The number of hydrogen-bond acceptors (Lipinski definition) is 4. The number of hydrogen-bond donors (Lipinski definition) is 2. The molecule has 0 fully saturated rings. The predicted molar refractivity (Wildman–Crippen MR) is 116 cm³/mol. The second-order valence-corrected chi connectivity index (χ2v) is 8.02. The fourth-order valence-electron chi connectivity index (χ4n) is 2.91. The van der Waals surface area contributed by atoms with Gasteiger partial charge in [-0.15, -0.1) is 0 Å². The molecule has 3 rings (SSSR count). The standard InChI is InChI=1S/C23H26N4O3/c1-23(2,3)30-22(29)27(4)15-16-9-8-12-18(13-16)25-21(28)19-14-24-26-20(19)17-10-6-5-7-11-17/h5-14H,15H2,1-4H3,(H,24,26)(H,25,28). The van der Waals surface area contributed by atoms with Crippen molar-refractivity contribution in [2.45, 2.75) is 32.9 Å². The van der Waals surface area contributed by atoms with Gasteiger partial charge < -0.3 is 15.0 Å². The number of ether oxygens (including phenoxy) is 1. The number of anilines is 1. The molecule has 0 unspecified atom stereocenters. The van der Waals surface area contributed by atoms with Gasteiger partial charge in [-0.2, -0.15) is 5.10 Å². The summed E-state index contributed by atoms with van der Waals surface area (Å²) in [7, 11) is 1.68. The number of H-pyrrole nitrogens is 1. The fraction of sp³-hybridized carbons (Fsp3) is 0.261. The summed E-state index contributed by atoms with van der Waals surface area (Å²) in [5.74, 6) is -0.264. The number of aromatic amines is 1. The van der Waals surface area contributed by atoms with E-state index in [0.29, 0.717) is 23.5 Å². The van der Waals surface area contributed by atoms with Crippen LogP contribution in [0.3, 0.4) is 0 Å². The summed E-state index contributed by atoms with van der Waals surface area (Å²) in [4.78, 5) is 26.5. The Morgan fingerprint density at radius 2 is 1.83 bits per heavy atom. The number of carbonyl (C=O) groups excluding carboxylic acids is 2. The SMILES string of the molecule is CN(Cc1cccc(NC(=O)c2cn[nH]c2-c2ccccc2)c1)C(=O)OC(C)(C)C. The van der Waals surface area contributed by atoms with E-state index >= 15 is 0 Å². The first-order chi connectivity index (χ1) is 14.2. The van der Waals surface area contributed by atoms with Gasteiger partial charge in [0, 0.05) is 24.8 Å². The summed E-state index contributed by atoms with van der Waals surface area (Å²) in [5.41, 5.74) is 2.95. The van der Waals surface area contributed by atoms with Gasteiger partial charge in [-0.3, -0.25) is 9.89 Å². The first kappa shape index (κ1) is 21.1. The van der Waals surface area contributed by atoms with Crippen molar-refractivity contribution in [3.63, 3.8) is 0 Å². The maximum Gasteiger partial charge on any atom is 0.410 e. The van der Waals surface area contributed by atoms with Gasteiger partial charge in [-0.25, -0.2) is 4.79 Å². The molecule has 0 bridgehead atoms. The lowest BCUT2D eigenvalue weighted by Gasteiger charge is -2.24. The van der Waals surface area contributed by atoms with Crippen molar-refractivity contribution in [1.82, 2.24) is 15.1 Å². The summed E-state index contributed by atoms with van der Waals surface area (Å²) in [6, 6.07) is 16.9. The van der Waals surface area contributed by atoms with E-state index in [1.807, 2.05) is 69.3 Å². The zero-order chi connectivity index (χ0) is 21.7. The second kappa shape index (κ2) is 8.82. The third-order valence-electron chi connectivity index (χ3n) is 4.26. The highest BCUT2D eigenvalue weighted by Gasteiger charge is 2.20. The number of amides is 2. The maximum absolute atomic E-state index is 12.8. The normalized spacial score (nSPS) is 11.1. The third-order valence-corrected chi connectivity index (χ3v) is 4.26. The van der Waals surface area contributed by atoms with Crippen molar-refractivity contribution in [1.29, 1.82) is 0 Å². The molecule has 1 aromatic heterocycles. The lowest BCUT2D eigenvalue weighted by Crippen LogP contribution is -2.33. The van der Waals surface area contributed by atoms with Crippen LogP contribution in [-0.2, 0) is 11.3 Å². The summed E-state index contributed by atoms with van der Waals surface area (Å²) in [5, 5.41) is 9.81. The van der Waals surface area contributed by atoms with E-state index in [4.69, 9.17) is 4.74 Å². The number of rotatable bonds is 5. The van der Waals surface area contributed by atoms with Crippen molar-refractivity contribution in [3.05, 3.63) is 71.9 Å². The Labute approximate surface area is 176 Å². The lowest BCUT2D eigenvalue weighted by atomic mass is 10.1. The average molecular weight is 406 g/mol. The highest BCUT2D eigenvalue weighted by atomic mass is 16.6. The maximum atomic E-state index is 12.8. The molecule has 0 saturated heterocycles. The van der Waals surface area contributed by atoms with Crippen LogP contribution in [0.5, 0.6) is 0 Å². The Morgan fingerprint density at radius 3 is 2.53 bits per heavy atom. The van der Waals surface area contributed by atoms with Crippen molar-refractivity contribution < 1.29 is 14.3 Å². The van der Waals surface area contributed by atoms with E-state index in [1.54, 1.807) is 13.1 Å². The molecule has 0 radical (unpaired) electrons. The molecule has 0 atom stereocenters. The Hall–Kier alpha value is -3.61. The van der Waals surface area contributed by atoms with Gasteiger partial charge in [0.2, 0.25) is 0 Å². The van der Waals surface area contributed by atoms with Crippen LogP contribution in [0.25, 0.3) is 11.3 Å². The summed E-state index contributed by atoms with van der Waals surface area (Å²) in [6.07, 6.45) is 1.11. The minimum atomic E-state index is -0.553. The van der Waals surface area contributed by atoms with E-state index < -0.39 is 11.7 Å². The highest BCUT2D eigenvalue weighted by molar-refractivity contribution is 6.08. The molecule has 0 spiro atoms. The number of aromatic nitrogens is 2. The summed E-state index contributed by atoms with van der Waals surface area (Å²) in [6.45, 7) is 5.84. The van der Waals surface area contributed by atoms with E-state index in [1.165, 1.54) is 11.1 Å². The molecule has 0 aliphatic carbocycles. The molecule has 7 nitrogen and oxygen atoms in total. The Bertz CT molecular complexity index is 1020. The van der Waals surface area contributed by atoms with Crippen LogP contribution in [-0.4, -0.2) is 39.7 Å². The van der Waals surface area contributed by atoms with Crippen molar-refractivity contribution in [2.75, 3.05) is 12.4 Å². The van der Waals surface area contributed by atoms with Crippen molar-refractivity contribution in [3.8, 4) is 11.3 Å². The first-order valence-corrected chi connectivity index (χ1v) is 9.66. The molecule has 2 amide bonds. The van der Waals surface area contributed by atoms with Crippen molar-refractivity contribution >= 4 is 17.7 Å². The first-order valence-electron chi connectivity index (χ1n) is 9.66. The van der Waals surface area contributed by atoms with E-state index in [2.05, 4.69) is 15.5 Å². The molecule has 2 aromatic carbocycles. The molecular formula is C23H26N4O3. The van der Waals surface area contributed by atoms with Crippen LogP contribution in [0.15, 0.2) is 60.8 Å². The van der Waals surface area contributed by atoms with Gasteiger partial charge in [0.25, 0.3) is 5.91 Å². The van der Waals surface area contributed by atoms with Gasteiger partial charge in [-0.05, 0) is 38.5 Å². The fourth-order valence-corrected chi connectivity index (χ4v) is 2.91. The van der Waals surface area contributed by atoms with Crippen LogP contribution in [0.1, 0.15) is 36.7 Å². The zero-order valence-corrected chi connectivity index (χ0v) is 17.6. The monoisotopic (exact) mass is 406 g/mol. The van der Waals surface area contributed by atoms with E-state index in [0.717, 1.165) is 11.1 Å². The quantitative estimate of drug-likeness (QED) is 0.643. The second-order valence-electron chi connectivity index (χ2n) is 8.02. The molecule has 30 heavy (non-hydrogen) atoms. The smallest absolute Gasteiger partial charge is 0.410 e. The van der Waals surface area contributed by atoms with E-state index in [9.17, 15) is 9.59 Å². The average Bonchev–Trinajstić information content (AvgIpc) is 3.17. The minimum absolute atomic E-state index is 0.264. The largest absolute Gasteiger partial charge is 0.444 e. The molecule has 0 saturated carbocycles. The topological polar surface area (TPSA) is 87.3 Å². The molecule has 1 heterocycles. The summed E-state index contributed by atoms with van der Waals surface area (Å²) >= 11 is 0. The molecule has 0 aliphatic rings. The van der Waals surface area contributed by atoms with Gasteiger partial charge in [0.1, 0.15) is 5.60 Å². The number of carbonyl (C=O) groups is 2. The van der Waals surface area contributed by atoms with Crippen LogP contribution < -0.4 is 5.32 Å². The van der Waals surface area contributed by atoms with Crippen molar-refractivity contribution in [2.24, 2.45) is 0 Å². The molecule has 2 N–H and O–H groups in total. The number of nitrogens with zero attached hydrogens (tertiary/aromatic N) is 2. The molecule has 3 aromatic rings. The van der Waals surface area contributed by atoms with E-state index in [-0.39, 0.29) is 5.91 Å². The predicted octanol–water partition coefficient (Wildman–Crippen LogP) is 4.70. The molecular weight excluding hydrogens is 380 g/mol. The lowest BCUT2D eigenvalue weighted by molar-refractivity contribution is 0.0285. The third kappa shape index (κ3) is 5.47. The van der Waals surface area contributed by atoms with Gasteiger partial charge in [0.15, 0.2) is 0 Å². The van der Waals surface area contributed by atoms with Gasteiger partial charge in [0.05, 0.1) is 17.5 Å². The Balaban J connectivity index is 1.70. The number of nitrogens with one attached hydrogen (secondary N) is 2. The van der Waals surface area contributed by atoms with Gasteiger partial charge in [-0.1, -0.05) is 42.5 Å². The molecule has 156 valence electrons. The molecule has 0 aliphatic heterocycles. The highest BCUT2D eigenvalue weighted by Crippen LogP contribution is 2.22. The van der Waals surface area contributed by atoms with Crippen LogP contribution in [0.2, 0.25) is 0 Å². The Kier molecular flexibility index (Phi) is 6.20. The molecule has 7 heteroatoms. The zero-order valence-electron chi connectivity index (χ0n) is 17.6. The van der Waals surface area contributed by atoms with Gasteiger partial charge >= 0.3 is 6.09 Å². The van der Waals surface area contributed by atoms with Crippen LogP contribution in [0, 0.1) is 0 Å². The van der Waals surface area contributed by atoms with Crippen LogP contribution >= 0.6 is 0 Å². The Morgan fingerprint density at radius 1 is 1.10 bits per heavy atom.